The van der Waals surface area contributed by atoms with Gasteiger partial charge in [-0.2, -0.15) is 0 Å². The van der Waals surface area contributed by atoms with Crippen molar-refractivity contribution >= 4 is 41.0 Å². The summed E-state index contributed by atoms with van der Waals surface area (Å²) in [4.78, 5) is 34.5. The van der Waals surface area contributed by atoms with Crippen LogP contribution in [0.3, 0.4) is 0 Å². The molecule has 1 unspecified atom stereocenters. The molecule has 0 aliphatic carbocycles. The fourth-order valence-corrected chi connectivity index (χ4v) is 5.12. The molecule has 0 amide bonds. The Labute approximate surface area is 199 Å². The number of aromatic nitrogens is 1. The van der Waals surface area contributed by atoms with Gasteiger partial charge in [-0.05, 0) is 43.9 Å². The van der Waals surface area contributed by atoms with Crippen molar-refractivity contribution in [2.24, 2.45) is 4.99 Å². The number of esters is 1. The van der Waals surface area contributed by atoms with Crippen molar-refractivity contribution < 1.29 is 13.9 Å². The monoisotopic (exact) mass is 483 g/mol. The molecule has 7 nitrogen and oxygen atoms in total. The summed E-state index contributed by atoms with van der Waals surface area (Å²) in [6.07, 6.45) is 3.72. The van der Waals surface area contributed by atoms with E-state index in [0.29, 0.717) is 32.2 Å². The van der Waals surface area contributed by atoms with Gasteiger partial charge in [0.1, 0.15) is 5.76 Å². The molecule has 0 N–H and O–H groups in total. The third-order valence-corrected chi connectivity index (χ3v) is 7.00. The van der Waals surface area contributed by atoms with Gasteiger partial charge in [0.05, 0.1) is 28.5 Å². The third-order valence-electron chi connectivity index (χ3n) is 5.28. The molecule has 0 spiro atoms. The van der Waals surface area contributed by atoms with E-state index in [1.165, 1.54) is 11.3 Å². The number of anilines is 1. The Kier molecular flexibility index (Phi) is 6.62. The van der Waals surface area contributed by atoms with E-state index in [-0.39, 0.29) is 12.2 Å². The second-order valence-electron chi connectivity index (χ2n) is 7.65. The first kappa shape index (κ1) is 23.1. The molecule has 4 rings (SSSR count). The summed E-state index contributed by atoms with van der Waals surface area (Å²) in [5.41, 5.74) is 1.52. The quantitative estimate of drug-likeness (QED) is 0.396. The van der Waals surface area contributed by atoms with E-state index in [0.717, 1.165) is 10.5 Å². The molecule has 33 heavy (non-hydrogen) atoms. The number of hydrogen-bond acceptors (Lipinski definition) is 8. The van der Waals surface area contributed by atoms with Crippen LogP contribution in [0, 0.1) is 0 Å². The zero-order chi connectivity index (χ0) is 23.7. The summed E-state index contributed by atoms with van der Waals surface area (Å²) in [6.45, 7) is 3.78. The second-order valence-corrected chi connectivity index (χ2v) is 9.53. The van der Waals surface area contributed by atoms with Crippen LogP contribution in [0.4, 0.5) is 5.88 Å². The standard InChI is InChI=1S/C24H25N3O4S2/c1-6-30-23(29)20-14(2)25-24-27(21(20)15-7-10-17(32-5)11-8-15)22(28)18(33-24)13-16-9-12-19(31-16)26(3)4/h7-13,21H,6H2,1-5H3. The Morgan fingerprint density at radius 2 is 2.00 bits per heavy atom. The zero-order valence-electron chi connectivity index (χ0n) is 19.1. The summed E-state index contributed by atoms with van der Waals surface area (Å²) in [5.74, 6) is 0.807. The van der Waals surface area contributed by atoms with Crippen molar-refractivity contribution in [3.63, 3.8) is 0 Å². The SMILES string of the molecule is CCOC(=O)C1=C(C)N=c2sc(=Cc3ccc(N(C)C)o3)c(=O)n2C1c1ccc(SC)cc1. The van der Waals surface area contributed by atoms with Crippen LogP contribution in [-0.4, -0.2) is 37.5 Å². The molecule has 3 aromatic rings. The van der Waals surface area contributed by atoms with Crippen LogP contribution in [-0.2, 0) is 9.53 Å². The maximum Gasteiger partial charge on any atom is 0.338 e. The highest BCUT2D eigenvalue weighted by molar-refractivity contribution is 7.98. The van der Waals surface area contributed by atoms with E-state index in [1.54, 1.807) is 36.3 Å². The minimum absolute atomic E-state index is 0.227. The van der Waals surface area contributed by atoms with Gasteiger partial charge < -0.3 is 14.1 Å². The Bertz CT molecular complexity index is 1390. The van der Waals surface area contributed by atoms with E-state index in [4.69, 9.17) is 9.15 Å². The van der Waals surface area contributed by atoms with E-state index in [2.05, 4.69) is 4.99 Å². The molecule has 0 saturated carbocycles. The maximum absolute atomic E-state index is 13.5. The minimum Gasteiger partial charge on any atom is -0.463 e. The number of rotatable bonds is 6. The Morgan fingerprint density at radius 1 is 1.27 bits per heavy atom. The summed E-state index contributed by atoms with van der Waals surface area (Å²) in [7, 11) is 3.77. The Balaban J connectivity index is 1.91. The van der Waals surface area contributed by atoms with Gasteiger partial charge in [0.25, 0.3) is 5.56 Å². The molecule has 0 radical (unpaired) electrons. The first-order chi connectivity index (χ1) is 15.8. The predicted octanol–water partition coefficient (Wildman–Crippen LogP) is 3.18. The van der Waals surface area contributed by atoms with Crippen LogP contribution in [0.25, 0.3) is 6.08 Å². The van der Waals surface area contributed by atoms with Gasteiger partial charge in [-0.1, -0.05) is 23.5 Å². The summed E-state index contributed by atoms with van der Waals surface area (Å²) < 4.78 is 13.2. The molecule has 1 aromatic carbocycles. The third kappa shape index (κ3) is 4.43. The number of thiazole rings is 1. The maximum atomic E-state index is 13.5. The number of allylic oxidation sites excluding steroid dienone is 1. The molecule has 0 bridgehead atoms. The van der Waals surface area contributed by atoms with Crippen LogP contribution in [0.5, 0.6) is 0 Å². The Morgan fingerprint density at radius 3 is 2.61 bits per heavy atom. The van der Waals surface area contributed by atoms with Crippen molar-refractivity contribution in [2.75, 3.05) is 31.9 Å². The number of fused-ring (bicyclic) bond motifs is 1. The highest BCUT2D eigenvalue weighted by Gasteiger charge is 2.33. The van der Waals surface area contributed by atoms with Gasteiger partial charge in [0.15, 0.2) is 10.7 Å². The Hall–Kier alpha value is -3.04. The lowest BCUT2D eigenvalue weighted by atomic mass is 9.96. The molecule has 9 heteroatoms. The lowest BCUT2D eigenvalue weighted by Crippen LogP contribution is -2.39. The molecular formula is C24H25N3O4S2. The van der Waals surface area contributed by atoms with Crippen molar-refractivity contribution in [3.05, 3.63) is 78.7 Å². The van der Waals surface area contributed by atoms with Crippen LogP contribution in [0.15, 0.2) is 66.8 Å². The molecule has 3 heterocycles. The van der Waals surface area contributed by atoms with E-state index in [9.17, 15) is 9.59 Å². The van der Waals surface area contributed by atoms with Crippen molar-refractivity contribution in [2.45, 2.75) is 24.8 Å². The number of nitrogens with zero attached hydrogens (tertiary/aromatic N) is 3. The largest absolute Gasteiger partial charge is 0.463 e. The van der Waals surface area contributed by atoms with E-state index in [1.807, 2.05) is 61.6 Å². The number of ether oxygens (including phenoxy) is 1. The number of carbonyl (C=O) groups excluding carboxylic acids is 1. The zero-order valence-corrected chi connectivity index (χ0v) is 20.8. The van der Waals surface area contributed by atoms with Crippen molar-refractivity contribution in [1.82, 2.24) is 4.57 Å². The van der Waals surface area contributed by atoms with Crippen LogP contribution < -0.4 is 19.8 Å². The van der Waals surface area contributed by atoms with Crippen molar-refractivity contribution in [3.8, 4) is 0 Å². The van der Waals surface area contributed by atoms with Gasteiger partial charge in [0.2, 0.25) is 0 Å². The topological polar surface area (TPSA) is 77.0 Å². The average molecular weight is 484 g/mol. The van der Waals surface area contributed by atoms with Gasteiger partial charge in [-0.15, -0.1) is 11.8 Å². The number of hydrogen-bond donors (Lipinski definition) is 0. The first-order valence-electron chi connectivity index (χ1n) is 10.4. The number of thioether (sulfide) groups is 1. The molecule has 1 aliphatic heterocycles. The minimum atomic E-state index is -0.618. The molecule has 1 aliphatic rings. The van der Waals surface area contributed by atoms with Gasteiger partial charge in [0, 0.05) is 31.1 Å². The van der Waals surface area contributed by atoms with Crippen LogP contribution in [0.2, 0.25) is 0 Å². The number of benzene rings is 1. The molecule has 0 saturated heterocycles. The molecule has 172 valence electrons. The normalized spacial score (nSPS) is 15.9. The average Bonchev–Trinajstić information content (AvgIpc) is 3.38. The van der Waals surface area contributed by atoms with Gasteiger partial charge in [-0.25, -0.2) is 9.79 Å². The van der Waals surface area contributed by atoms with Crippen LogP contribution in [0.1, 0.15) is 31.2 Å². The summed E-state index contributed by atoms with van der Waals surface area (Å²) >= 11 is 2.91. The van der Waals surface area contributed by atoms with Crippen molar-refractivity contribution in [1.29, 1.82) is 0 Å². The molecule has 0 fully saturated rings. The van der Waals surface area contributed by atoms with Gasteiger partial charge >= 0.3 is 5.97 Å². The summed E-state index contributed by atoms with van der Waals surface area (Å²) in [5, 5.41) is 0. The van der Waals surface area contributed by atoms with E-state index >= 15 is 0 Å². The fourth-order valence-electron chi connectivity index (χ4n) is 3.68. The van der Waals surface area contributed by atoms with E-state index < -0.39 is 12.0 Å². The number of furan rings is 1. The highest BCUT2D eigenvalue weighted by atomic mass is 32.2. The number of carbonyl (C=O) groups is 1. The first-order valence-corrected chi connectivity index (χ1v) is 12.5. The molecule has 1 atom stereocenters. The molecular weight excluding hydrogens is 458 g/mol. The molecule has 2 aromatic heterocycles. The van der Waals surface area contributed by atoms with Crippen LogP contribution >= 0.6 is 23.1 Å². The smallest absolute Gasteiger partial charge is 0.338 e. The fraction of sp³-hybridized carbons (Fsp3) is 0.292. The lowest BCUT2D eigenvalue weighted by molar-refractivity contribution is -0.139. The lowest BCUT2D eigenvalue weighted by Gasteiger charge is -2.24. The highest BCUT2D eigenvalue weighted by Crippen LogP contribution is 2.31. The van der Waals surface area contributed by atoms with Gasteiger partial charge in [-0.3, -0.25) is 9.36 Å². The predicted molar refractivity (Wildman–Crippen MR) is 132 cm³/mol. The summed E-state index contributed by atoms with van der Waals surface area (Å²) in [6, 6.07) is 10.9. The second kappa shape index (κ2) is 9.44.